The summed E-state index contributed by atoms with van der Waals surface area (Å²) in [5, 5.41) is 9.39. The average molecular weight is 332 g/mol. The normalized spacial score (nSPS) is 17.3. The van der Waals surface area contributed by atoms with Gasteiger partial charge in [-0.05, 0) is 18.6 Å². The third-order valence-electron chi connectivity index (χ3n) is 4.84. The number of amides is 1. The first kappa shape index (κ1) is 16.7. The summed E-state index contributed by atoms with van der Waals surface area (Å²) < 4.78 is 1.49. The molecule has 1 fully saturated rings. The maximum Gasteiger partial charge on any atom is 0.326 e. The zero-order chi connectivity index (χ0) is 17.1. The van der Waals surface area contributed by atoms with Gasteiger partial charge in [-0.1, -0.05) is 19.1 Å². The summed E-state index contributed by atoms with van der Waals surface area (Å²) in [5.74, 6) is -0.0430. The number of carbonyl (C=O) groups excluding carboxylic acids is 1. The smallest absolute Gasteiger partial charge is 0.326 e. The molecule has 1 amide bonds. The van der Waals surface area contributed by atoms with Crippen LogP contribution in [0.15, 0.2) is 29.1 Å². The number of aliphatic hydroxyl groups is 1. The summed E-state index contributed by atoms with van der Waals surface area (Å²) in [6.45, 7) is 5.04. The van der Waals surface area contributed by atoms with Gasteiger partial charge in [0.25, 0.3) is 0 Å². The van der Waals surface area contributed by atoms with Crippen molar-refractivity contribution in [2.24, 2.45) is 0 Å². The number of hydrogen-bond acceptors (Lipinski definition) is 4. The Balaban J connectivity index is 1.66. The molecule has 1 atom stereocenters. The van der Waals surface area contributed by atoms with E-state index in [4.69, 9.17) is 0 Å². The minimum absolute atomic E-state index is 0.0430. The van der Waals surface area contributed by atoms with Crippen molar-refractivity contribution in [3.8, 4) is 0 Å². The van der Waals surface area contributed by atoms with Gasteiger partial charge in [0.15, 0.2) is 0 Å². The fourth-order valence-corrected chi connectivity index (χ4v) is 3.34. The molecule has 7 nitrogen and oxygen atoms in total. The Kier molecular flexibility index (Phi) is 5.01. The van der Waals surface area contributed by atoms with Gasteiger partial charge in [-0.25, -0.2) is 4.79 Å². The zero-order valence-corrected chi connectivity index (χ0v) is 13.9. The van der Waals surface area contributed by atoms with Crippen LogP contribution < -0.4 is 5.69 Å². The van der Waals surface area contributed by atoms with Crippen LogP contribution in [0.3, 0.4) is 0 Å². The van der Waals surface area contributed by atoms with E-state index in [0.29, 0.717) is 13.1 Å². The van der Waals surface area contributed by atoms with Gasteiger partial charge in [0, 0.05) is 32.2 Å². The summed E-state index contributed by atoms with van der Waals surface area (Å²) in [6.07, 6.45) is 0.898. The highest BCUT2D eigenvalue weighted by atomic mass is 16.3. The van der Waals surface area contributed by atoms with Gasteiger partial charge in [0.05, 0.1) is 17.6 Å². The first-order valence-corrected chi connectivity index (χ1v) is 8.44. The van der Waals surface area contributed by atoms with Gasteiger partial charge in [-0.3, -0.25) is 14.3 Å². The number of fused-ring (bicyclic) bond motifs is 1. The third-order valence-corrected chi connectivity index (χ3v) is 4.84. The summed E-state index contributed by atoms with van der Waals surface area (Å²) in [6, 6.07) is 7.55. The van der Waals surface area contributed by atoms with Crippen molar-refractivity contribution in [3.05, 3.63) is 34.7 Å². The lowest BCUT2D eigenvalue weighted by Gasteiger charge is -2.38. The molecule has 7 heteroatoms. The van der Waals surface area contributed by atoms with Crippen molar-refractivity contribution in [1.29, 1.82) is 0 Å². The quantitative estimate of drug-likeness (QED) is 0.822. The molecule has 2 N–H and O–H groups in total. The fourth-order valence-electron chi connectivity index (χ4n) is 3.34. The molecule has 0 aliphatic carbocycles. The number of hydrogen-bond donors (Lipinski definition) is 2. The third kappa shape index (κ3) is 3.22. The number of rotatable bonds is 5. The number of aliphatic hydroxyl groups excluding tert-OH is 1. The van der Waals surface area contributed by atoms with Crippen LogP contribution in [0.5, 0.6) is 0 Å². The molecule has 1 aliphatic heterocycles. The highest BCUT2D eigenvalue weighted by molar-refractivity contribution is 5.80. The molecule has 0 spiro atoms. The van der Waals surface area contributed by atoms with Crippen LogP contribution in [-0.4, -0.2) is 69.2 Å². The number of aromatic nitrogens is 2. The number of nitrogens with one attached hydrogen (secondary N) is 1. The molecule has 0 radical (unpaired) electrons. The van der Waals surface area contributed by atoms with Crippen molar-refractivity contribution >= 4 is 16.9 Å². The molecule has 1 aromatic carbocycles. The van der Waals surface area contributed by atoms with Crippen LogP contribution in [0.4, 0.5) is 0 Å². The largest absolute Gasteiger partial charge is 0.395 e. The predicted octanol–water partition coefficient (Wildman–Crippen LogP) is 0.245. The van der Waals surface area contributed by atoms with Crippen LogP contribution >= 0.6 is 0 Å². The molecule has 1 aliphatic rings. The molecule has 2 aromatic rings. The Morgan fingerprint density at radius 3 is 2.62 bits per heavy atom. The second kappa shape index (κ2) is 7.19. The molecule has 0 bridgehead atoms. The molecule has 1 aromatic heterocycles. The Labute approximate surface area is 140 Å². The van der Waals surface area contributed by atoms with Gasteiger partial charge in [-0.2, -0.15) is 0 Å². The number of nitrogens with zero attached hydrogens (tertiary/aromatic N) is 3. The van der Waals surface area contributed by atoms with Crippen LogP contribution in [0.25, 0.3) is 11.0 Å². The lowest BCUT2D eigenvalue weighted by atomic mass is 10.1. The highest BCUT2D eigenvalue weighted by Crippen LogP contribution is 2.12. The van der Waals surface area contributed by atoms with E-state index in [-0.39, 0.29) is 30.8 Å². The Bertz CT molecular complexity index is 755. The van der Waals surface area contributed by atoms with Crippen molar-refractivity contribution in [2.75, 3.05) is 32.8 Å². The van der Waals surface area contributed by atoms with E-state index in [1.165, 1.54) is 4.57 Å². The highest BCUT2D eigenvalue weighted by Gasteiger charge is 2.25. The van der Waals surface area contributed by atoms with Crippen molar-refractivity contribution in [3.63, 3.8) is 0 Å². The summed E-state index contributed by atoms with van der Waals surface area (Å²) in [4.78, 5) is 31.4. The van der Waals surface area contributed by atoms with E-state index in [1.807, 2.05) is 24.3 Å². The van der Waals surface area contributed by atoms with Crippen LogP contribution in [0, 0.1) is 0 Å². The van der Waals surface area contributed by atoms with E-state index in [1.54, 1.807) is 4.90 Å². The maximum absolute atomic E-state index is 12.6. The number of H-pyrrole nitrogens is 1. The molecule has 2 heterocycles. The molecule has 24 heavy (non-hydrogen) atoms. The SMILES string of the molecule is CCC(CO)N1CCN(C(=O)Cn2c(=O)[nH]c3ccccc32)CC1. The van der Waals surface area contributed by atoms with Gasteiger partial charge in [0.1, 0.15) is 6.54 Å². The Morgan fingerprint density at radius 2 is 1.96 bits per heavy atom. The Morgan fingerprint density at radius 1 is 1.25 bits per heavy atom. The summed E-state index contributed by atoms with van der Waals surface area (Å²) >= 11 is 0. The monoisotopic (exact) mass is 332 g/mol. The molecule has 0 saturated carbocycles. The molecular weight excluding hydrogens is 308 g/mol. The van der Waals surface area contributed by atoms with E-state index in [9.17, 15) is 14.7 Å². The second-order valence-corrected chi connectivity index (χ2v) is 6.19. The first-order valence-electron chi connectivity index (χ1n) is 8.44. The van der Waals surface area contributed by atoms with E-state index in [0.717, 1.165) is 30.5 Å². The molecular formula is C17H24N4O3. The van der Waals surface area contributed by atoms with Crippen LogP contribution in [-0.2, 0) is 11.3 Å². The minimum Gasteiger partial charge on any atom is -0.395 e. The van der Waals surface area contributed by atoms with Crippen molar-refractivity contribution in [1.82, 2.24) is 19.4 Å². The molecule has 130 valence electrons. The van der Waals surface area contributed by atoms with Crippen molar-refractivity contribution < 1.29 is 9.90 Å². The van der Waals surface area contributed by atoms with Gasteiger partial charge in [-0.15, -0.1) is 0 Å². The first-order chi connectivity index (χ1) is 11.6. The van der Waals surface area contributed by atoms with E-state index in [2.05, 4.69) is 16.8 Å². The van der Waals surface area contributed by atoms with E-state index < -0.39 is 0 Å². The van der Waals surface area contributed by atoms with Crippen LogP contribution in [0.1, 0.15) is 13.3 Å². The summed E-state index contributed by atoms with van der Waals surface area (Å²) in [5.41, 5.74) is 1.24. The number of para-hydroxylation sites is 2. The number of carbonyl (C=O) groups is 1. The standard InChI is InChI=1S/C17H24N4O3/c1-2-13(12-22)19-7-9-20(10-8-19)16(23)11-21-15-6-4-3-5-14(15)18-17(21)24/h3-6,13,22H,2,7-12H2,1H3,(H,18,24). The lowest BCUT2D eigenvalue weighted by Crippen LogP contribution is -2.53. The lowest BCUT2D eigenvalue weighted by molar-refractivity contribution is -0.134. The van der Waals surface area contributed by atoms with Gasteiger partial charge in [0.2, 0.25) is 5.91 Å². The fraction of sp³-hybridized carbons (Fsp3) is 0.529. The summed E-state index contributed by atoms with van der Waals surface area (Å²) in [7, 11) is 0. The second-order valence-electron chi connectivity index (χ2n) is 6.19. The Hall–Kier alpha value is -2.12. The topological polar surface area (TPSA) is 81.6 Å². The number of imidazole rings is 1. The van der Waals surface area contributed by atoms with Gasteiger partial charge >= 0.3 is 5.69 Å². The van der Waals surface area contributed by atoms with Crippen molar-refractivity contribution in [2.45, 2.75) is 25.9 Å². The zero-order valence-electron chi connectivity index (χ0n) is 13.9. The number of benzene rings is 1. The van der Waals surface area contributed by atoms with E-state index >= 15 is 0 Å². The maximum atomic E-state index is 12.6. The molecule has 3 rings (SSSR count). The molecule has 1 saturated heterocycles. The number of piperazine rings is 1. The predicted molar refractivity (Wildman–Crippen MR) is 91.9 cm³/mol. The van der Waals surface area contributed by atoms with Crippen LogP contribution in [0.2, 0.25) is 0 Å². The number of aromatic amines is 1. The van der Waals surface area contributed by atoms with Gasteiger partial charge < -0.3 is 15.0 Å². The molecule has 1 unspecified atom stereocenters. The average Bonchev–Trinajstić information content (AvgIpc) is 2.92. The minimum atomic E-state index is -0.255.